The van der Waals surface area contributed by atoms with Crippen LogP contribution in [-0.2, 0) is 4.79 Å². The summed E-state index contributed by atoms with van der Waals surface area (Å²) in [4.78, 5) is 31.9. The molecule has 2 aliphatic heterocycles. The maximum atomic E-state index is 12.8. The highest BCUT2D eigenvalue weighted by molar-refractivity contribution is 8.04. The fraction of sp³-hybridized carbons (Fsp3) is 0.290. The molecule has 5 rings (SSSR count). The van der Waals surface area contributed by atoms with Crippen molar-refractivity contribution in [2.24, 2.45) is 0 Å². The summed E-state index contributed by atoms with van der Waals surface area (Å²) in [7, 11) is 0. The Morgan fingerprint density at radius 1 is 1.00 bits per heavy atom. The number of carbonyl (C=O) groups is 2. The quantitative estimate of drug-likeness (QED) is 0.322. The minimum Gasteiger partial charge on any atom is -0.369 e. The molecule has 0 bridgehead atoms. The molecule has 0 saturated carbocycles. The molecular weight excluding hydrogens is 492 g/mol. The third kappa shape index (κ3) is 6.29. The Hall–Kier alpha value is -3.55. The van der Waals surface area contributed by atoms with Crippen molar-refractivity contribution in [3.8, 4) is 0 Å². The van der Waals surface area contributed by atoms with Crippen LogP contribution in [0.15, 0.2) is 76.5 Å². The molecule has 3 aromatic rings. The minimum absolute atomic E-state index is 0.114. The van der Waals surface area contributed by atoms with Crippen LogP contribution in [0.1, 0.15) is 33.5 Å². The highest BCUT2D eigenvalue weighted by Gasteiger charge is 2.22. The van der Waals surface area contributed by atoms with E-state index in [9.17, 15) is 9.59 Å². The first-order valence-electron chi connectivity index (χ1n) is 13.2. The highest BCUT2D eigenvalue weighted by Crippen LogP contribution is 2.39. The van der Waals surface area contributed by atoms with Crippen LogP contribution in [-0.4, -0.2) is 56.0 Å². The molecule has 2 heterocycles. The van der Waals surface area contributed by atoms with E-state index in [1.54, 1.807) is 6.07 Å². The van der Waals surface area contributed by atoms with Crippen LogP contribution in [0.5, 0.6) is 0 Å². The van der Waals surface area contributed by atoms with Crippen molar-refractivity contribution in [2.45, 2.75) is 25.2 Å². The lowest BCUT2D eigenvalue weighted by atomic mass is 10.1. The number of hydrogen-bond acceptors (Lipinski definition) is 5. The van der Waals surface area contributed by atoms with Gasteiger partial charge in [-0.05, 0) is 73.8 Å². The first kappa shape index (κ1) is 26.1. The molecule has 1 saturated heterocycles. The smallest absolute Gasteiger partial charge is 0.262 e. The van der Waals surface area contributed by atoms with Crippen LogP contribution in [0.25, 0.3) is 6.08 Å². The Labute approximate surface area is 229 Å². The largest absolute Gasteiger partial charge is 0.369 e. The van der Waals surface area contributed by atoms with E-state index in [0.717, 1.165) is 49.6 Å². The Morgan fingerprint density at radius 3 is 2.58 bits per heavy atom. The number of amides is 2. The molecule has 0 radical (unpaired) electrons. The number of nitrogens with one attached hydrogen (secondary N) is 2. The van der Waals surface area contributed by atoms with Crippen LogP contribution in [0.4, 0.5) is 11.4 Å². The molecule has 0 spiro atoms. The number of piperazine rings is 1. The van der Waals surface area contributed by atoms with Crippen molar-refractivity contribution in [3.63, 3.8) is 0 Å². The molecule has 3 aromatic carbocycles. The summed E-state index contributed by atoms with van der Waals surface area (Å²) in [5, 5.41) is 5.98. The molecule has 6 nitrogen and oxygen atoms in total. The van der Waals surface area contributed by atoms with E-state index < -0.39 is 0 Å². The average molecular weight is 527 g/mol. The van der Waals surface area contributed by atoms with Gasteiger partial charge in [0.2, 0.25) is 0 Å². The monoisotopic (exact) mass is 526 g/mol. The summed E-state index contributed by atoms with van der Waals surface area (Å²) >= 11 is 1.43. The van der Waals surface area contributed by atoms with Gasteiger partial charge in [0, 0.05) is 48.9 Å². The second-order valence-electron chi connectivity index (χ2n) is 9.91. The minimum atomic E-state index is -0.151. The van der Waals surface area contributed by atoms with E-state index in [-0.39, 0.29) is 11.8 Å². The van der Waals surface area contributed by atoms with E-state index in [1.807, 2.05) is 48.5 Å². The van der Waals surface area contributed by atoms with Crippen molar-refractivity contribution in [2.75, 3.05) is 49.5 Å². The number of hydrogen-bond donors (Lipinski definition) is 2. The van der Waals surface area contributed by atoms with E-state index in [4.69, 9.17) is 0 Å². The predicted molar refractivity (Wildman–Crippen MR) is 157 cm³/mol. The van der Waals surface area contributed by atoms with Gasteiger partial charge < -0.3 is 15.5 Å². The van der Waals surface area contributed by atoms with Gasteiger partial charge in [-0.2, -0.15) is 0 Å². The van der Waals surface area contributed by atoms with E-state index in [2.05, 4.69) is 52.5 Å². The fourth-order valence-electron chi connectivity index (χ4n) is 4.88. The SMILES string of the molecule is Cc1ccc(C)c(N2CCN(CCCNC(=O)c3ccc4c(c3)NC(=O)/C(=C/c3ccccc3)S4)CC2)c1. The number of benzene rings is 3. The lowest BCUT2D eigenvalue weighted by Crippen LogP contribution is -2.47. The number of nitrogens with zero attached hydrogens (tertiary/aromatic N) is 2. The molecule has 0 aliphatic carbocycles. The van der Waals surface area contributed by atoms with Crippen molar-refractivity contribution >= 4 is 41.0 Å². The number of aryl methyl sites for hydroxylation is 2. The molecule has 0 atom stereocenters. The summed E-state index contributed by atoms with van der Waals surface area (Å²) in [6, 6.07) is 21.9. The fourth-order valence-corrected chi connectivity index (χ4v) is 5.81. The van der Waals surface area contributed by atoms with Crippen molar-refractivity contribution in [1.29, 1.82) is 0 Å². The summed E-state index contributed by atoms with van der Waals surface area (Å²) < 4.78 is 0. The third-order valence-electron chi connectivity index (χ3n) is 7.05. The van der Waals surface area contributed by atoms with Gasteiger partial charge in [0.15, 0.2) is 0 Å². The summed E-state index contributed by atoms with van der Waals surface area (Å²) in [5.41, 5.74) is 6.19. The Kier molecular flexibility index (Phi) is 8.15. The Bertz CT molecular complexity index is 1350. The molecule has 196 valence electrons. The summed E-state index contributed by atoms with van der Waals surface area (Å²) in [6.45, 7) is 10.0. The number of thioether (sulfide) groups is 1. The first-order valence-corrected chi connectivity index (χ1v) is 14.0. The molecule has 1 fully saturated rings. The van der Waals surface area contributed by atoms with Crippen LogP contribution >= 0.6 is 11.8 Å². The molecule has 2 amide bonds. The lowest BCUT2D eigenvalue weighted by Gasteiger charge is -2.37. The van der Waals surface area contributed by atoms with Gasteiger partial charge in [-0.1, -0.05) is 54.2 Å². The van der Waals surface area contributed by atoms with Gasteiger partial charge in [0.25, 0.3) is 11.8 Å². The summed E-state index contributed by atoms with van der Waals surface area (Å²) in [5.74, 6) is -0.265. The maximum Gasteiger partial charge on any atom is 0.262 e. The first-order chi connectivity index (χ1) is 18.5. The van der Waals surface area contributed by atoms with Gasteiger partial charge in [-0.25, -0.2) is 0 Å². The second-order valence-corrected chi connectivity index (χ2v) is 11.0. The normalized spacial score (nSPS) is 16.7. The molecule has 2 N–H and O–H groups in total. The zero-order chi connectivity index (χ0) is 26.5. The molecule has 0 unspecified atom stereocenters. The maximum absolute atomic E-state index is 12.8. The molecule has 0 aromatic heterocycles. The van der Waals surface area contributed by atoms with Crippen molar-refractivity contribution in [3.05, 3.63) is 93.9 Å². The second kappa shape index (κ2) is 11.9. The van der Waals surface area contributed by atoms with E-state index in [0.29, 0.717) is 22.7 Å². The van der Waals surface area contributed by atoms with Gasteiger partial charge in [-0.3, -0.25) is 14.5 Å². The number of fused-ring (bicyclic) bond motifs is 1. The Morgan fingerprint density at radius 2 is 1.79 bits per heavy atom. The zero-order valence-corrected chi connectivity index (χ0v) is 22.8. The van der Waals surface area contributed by atoms with Crippen LogP contribution < -0.4 is 15.5 Å². The zero-order valence-electron chi connectivity index (χ0n) is 22.0. The molecule has 2 aliphatic rings. The highest BCUT2D eigenvalue weighted by atomic mass is 32.2. The topological polar surface area (TPSA) is 64.7 Å². The number of rotatable bonds is 7. The van der Waals surface area contributed by atoms with Gasteiger partial charge >= 0.3 is 0 Å². The van der Waals surface area contributed by atoms with Crippen LogP contribution in [0.2, 0.25) is 0 Å². The predicted octanol–water partition coefficient (Wildman–Crippen LogP) is 5.33. The van der Waals surface area contributed by atoms with Crippen molar-refractivity contribution in [1.82, 2.24) is 10.2 Å². The standard InChI is InChI=1S/C31H34N4O2S/c1-22-9-10-23(2)27(19-22)35-17-15-34(16-18-35)14-6-13-32-30(36)25-11-12-28-26(21-25)33-31(37)29(38-28)20-24-7-4-3-5-8-24/h3-5,7-12,19-21H,6,13-18H2,1-2H3,(H,32,36)(H,33,37)/b29-20-. The Balaban J connectivity index is 1.08. The number of carbonyl (C=O) groups excluding carboxylic acids is 2. The van der Waals surface area contributed by atoms with Gasteiger partial charge in [0.1, 0.15) is 0 Å². The van der Waals surface area contributed by atoms with E-state index >= 15 is 0 Å². The van der Waals surface area contributed by atoms with E-state index in [1.165, 1.54) is 28.6 Å². The lowest BCUT2D eigenvalue weighted by molar-refractivity contribution is -0.112. The van der Waals surface area contributed by atoms with Gasteiger partial charge in [-0.15, -0.1) is 0 Å². The molecule has 7 heteroatoms. The van der Waals surface area contributed by atoms with Crippen LogP contribution in [0, 0.1) is 13.8 Å². The molecular formula is C31H34N4O2S. The molecule has 38 heavy (non-hydrogen) atoms. The third-order valence-corrected chi connectivity index (χ3v) is 8.14. The van der Waals surface area contributed by atoms with Crippen molar-refractivity contribution < 1.29 is 9.59 Å². The van der Waals surface area contributed by atoms with Gasteiger partial charge in [0.05, 0.1) is 10.6 Å². The van der Waals surface area contributed by atoms with Crippen LogP contribution in [0.3, 0.4) is 0 Å². The average Bonchev–Trinajstić information content (AvgIpc) is 2.93. The number of anilines is 2. The summed E-state index contributed by atoms with van der Waals surface area (Å²) in [6.07, 6.45) is 2.79.